The highest BCUT2D eigenvalue weighted by Gasteiger charge is 2.25. The molecule has 3 aromatic rings. The molecule has 1 fully saturated rings. The minimum atomic E-state index is -0.257. The highest BCUT2D eigenvalue weighted by atomic mass is 19.1. The smallest absolute Gasteiger partial charge is 0.122 e. The number of hydrogen-bond acceptors (Lipinski definition) is 4. The van der Waals surface area contributed by atoms with Crippen molar-refractivity contribution < 1.29 is 13.9 Å². The molecule has 5 rings (SSSR count). The third-order valence-electron chi connectivity index (χ3n) is 7.92. The van der Waals surface area contributed by atoms with Crippen LogP contribution in [0.4, 0.5) is 10.1 Å². The standard InChI is InChI=1S/C33H39FN2O2/c1-22-19-32(37-3)23(2)18-31(22)30-7-4-6-25-20-26(35)10-13-29(25)33(30)24-8-11-27(12-9-24)38-28-14-17-36(21-28)16-5-15-34/h8-13,18-20,28H,4-7,14-17,21,35H2,1-3H3. The number of benzene rings is 3. The molecule has 4 nitrogen and oxygen atoms in total. The van der Waals surface area contributed by atoms with Crippen LogP contribution in [-0.2, 0) is 6.42 Å². The van der Waals surface area contributed by atoms with Crippen molar-refractivity contribution in [3.63, 3.8) is 0 Å². The molecule has 2 aliphatic rings. The number of alkyl halides is 1. The maximum Gasteiger partial charge on any atom is 0.122 e. The number of likely N-dealkylation sites (tertiary alicyclic amines) is 1. The number of anilines is 1. The summed E-state index contributed by atoms with van der Waals surface area (Å²) in [6.45, 7) is 6.67. The Kier molecular flexibility index (Phi) is 8.04. The molecule has 1 saturated heterocycles. The van der Waals surface area contributed by atoms with Crippen molar-refractivity contribution in [3.05, 3.63) is 88.0 Å². The lowest BCUT2D eigenvalue weighted by Crippen LogP contribution is -2.26. The molecular formula is C33H39FN2O2. The van der Waals surface area contributed by atoms with Crippen molar-refractivity contribution in [2.45, 2.75) is 52.1 Å². The number of methoxy groups -OCH3 is 1. The summed E-state index contributed by atoms with van der Waals surface area (Å²) >= 11 is 0. The Labute approximate surface area is 226 Å². The van der Waals surface area contributed by atoms with Gasteiger partial charge in [-0.3, -0.25) is 9.29 Å². The van der Waals surface area contributed by atoms with Crippen molar-refractivity contribution in [2.24, 2.45) is 0 Å². The number of nitrogens with zero attached hydrogens (tertiary/aromatic N) is 1. The van der Waals surface area contributed by atoms with Crippen LogP contribution < -0.4 is 15.2 Å². The molecule has 0 aromatic heterocycles. The van der Waals surface area contributed by atoms with Crippen LogP contribution in [0.3, 0.4) is 0 Å². The van der Waals surface area contributed by atoms with Gasteiger partial charge in [-0.2, -0.15) is 0 Å². The van der Waals surface area contributed by atoms with Crippen molar-refractivity contribution in [1.29, 1.82) is 0 Å². The second-order valence-corrected chi connectivity index (χ2v) is 10.7. The first-order chi connectivity index (χ1) is 18.5. The van der Waals surface area contributed by atoms with E-state index >= 15 is 0 Å². The monoisotopic (exact) mass is 514 g/mol. The van der Waals surface area contributed by atoms with E-state index in [1.807, 2.05) is 6.07 Å². The number of ether oxygens (including phenoxy) is 2. The van der Waals surface area contributed by atoms with E-state index < -0.39 is 0 Å². The van der Waals surface area contributed by atoms with Crippen molar-refractivity contribution in [1.82, 2.24) is 4.90 Å². The summed E-state index contributed by atoms with van der Waals surface area (Å²) in [5.41, 5.74) is 17.0. The average Bonchev–Trinajstić information content (AvgIpc) is 3.28. The van der Waals surface area contributed by atoms with Gasteiger partial charge in [0.25, 0.3) is 0 Å². The minimum absolute atomic E-state index is 0.154. The summed E-state index contributed by atoms with van der Waals surface area (Å²) in [7, 11) is 1.73. The van der Waals surface area contributed by atoms with Gasteiger partial charge in [-0.1, -0.05) is 18.2 Å². The maximum atomic E-state index is 12.6. The Morgan fingerprint density at radius 2 is 1.79 bits per heavy atom. The quantitative estimate of drug-likeness (QED) is 0.329. The highest BCUT2D eigenvalue weighted by molar-refractivity contribution is 6.00. The van der Waals surface area contributed by atoms with Gasteiger partial charge in [0.05, 0.1) is 13.8 Å². The molecule has 2 N–H and O–H groups in total. The van der Waals surface area contributed by atoms with Gasteiger partial charge < -0.3 is 15.2 Å². The predicted molar refractivity (Wildman–Crippen MR) is 155 cm³/mol. The summed E-state index contributed by atoms with van der Waals surface area (Å²) in [6.07, 6.45) is 4.80. The van der Waals surface area contributed by atoms with Gasteiger partial charge in [-0.15, -0.1) is 0 Å². The Hall–Kier alpha value is -3.31. The van der Waals surface area contributed by atoms with Gasteiger partial charge in [0, 0.05) is 25.3 Å². The highest BCUT2D eigenvalue weighted by Crippen LogP contribution is 2.42. The molecular weight excluding hydrogens is 475 g/mol. The normalized spacial score (nSPS) is 17.8. The Morgan fingerprint density at radius 3 is 2.55 bits per heavy atom. The fourth-order valence-corrected chi connectivity index (χ4v) is 6.01. The second kappa shape index (κ2) is 11.6. The molecule has 200 valence electrons. The van der Waals surface area contributed by atoms with Crippen LogP contribution in [0.5, 0.6) is 11.5 Å². The number of aryl methyl sites for hydroxylation is 3. The molecule has 1 unspecified atom stereocenters. The molecule has 0 amide bonds. The molecule has 1 aliphatic heterocycles. The van der Waals surface area contributed by atoms with E-state index in [0.29, 0.717) is 6.42 Å². The zero-order valence-corrected chi connectivity index (χ0v) is 22.9. The molecule has 0 saturated carbocycles. The van der Waals surface area contributed by atoms with Crippen LogP contribution in [0.15, 0.2) is 54.6 Å². The first-order valence-corrected chi connectivity index (χ1v) is 13.8. The van der Waals surface area contributed by atoms with Crippen LogP contribution in [0.2, 0.25) is 0 Å². The van der Waals surface area contributed by atoms with Crippen LogP contribution in [0.1, 0.15) is 59.1 Å². The summed E-state index contributed by atoms with van der Waals surface area (Å²) in [5, 5.41) is 0. The van der Waals surface area contributed by atoms with Gasteiger partial charge in [-0.05, 0) is 127 Å². The predicted octanol–water partition coefficient (Wildman–Crippen LogP) is 7.00. The largest absolute Gasteiger partial charge is 0.496 e. The third-order valence-corrected chi connectivity index (χ3v) is 7.92. The van der Waals surface area contributed by atoms with Gasteiger partial charge in [0.15, 0.2) is 0 Å². The van der Waals surface area contributed by atoms with Crippen molar-refractivity contribution >= 4 is 16.8 Å². The molecule has 3 aromatic carbocycles. The maximum absolute atomic E-state index is 12.6. The Bertz CT molecular complexity index is 1320. The van der Waals surface area contributed by atoms with E-state index in [1.165, 1.54) is 39.0 Å². The summed E-state index contributed by atoms with van der Waals surface area (Å²) in [5.74, 6) is 1.81. The first kappa shape index (κ1) is 26.3. The van der Waals surface area contributed by atoms with E-state index in [-0.39, 0.29) is 12.8 Å². The van der Waals surface area contributed by atoms with Crippen LogP contribution in [0.25, 0.3) is 11.1 Å². The molecule has 0 bridgehead atoms. The lowest BCUT2D eigenvalue weighted by atomic mass is 9.85. The Morgan fingerprint density at radius 1 is 0.974 bits per heavy atom. The van der Waals surface area contributed by atoms with E-state index in [1.54, 1.807) is 7.11 Å². The van der Waals surface area contributed by atoms with Gasteiger partial charge in [0.2, 0.25) is 0 Å². The SMILES string of the molecule is COc1cc(C)c(C2=C(c3ccc(OC4CCN(CCCF)C4)cc3)c3ccc(N)cc3CCC2)cc1C. The summed E-state index contributed by atoms with van der Waals surface area (Å²) in [6, 6.07) is 19.3. The molecule has 0 radical (unpaired) electrons. The van der Waals surface area contributed by atoms with Crippen LogP contribution in [0, 0.1) is 13.8 Å². The average molecular weight is 515 g/mol. The van der Waals surface area contributed by atoms with E-state index in [2.05, 4.69) is 67.3 Å². The van der Waals surface area contributed by atoms with Crippen LogP contribution in [-0.4, -0.2) is 44.4 Å². The number of nitrogens with two attached hydrogens (primary N) is 1. The fourth-order valence-electron chi connectivity index (χ4n) is 6.01. The van der Waals surface area contributed by atoms with E-state index in [0.717, 1.165) is 68.1 Å². The topological polar surface area (TPSA) is 47.7 Å². The van der Waals surface area contributed by atoms with Gasteiger partial charge in [-0.25, -0.2) is 0 Å². The molecule has 1 heterocycles. The van der Waals surface area contributed by atoms with Crippen LogP contribution >= 0.6 is 0 Å². The number of hydrogen-bond donors (Lipinski definition) is 1. The second-order valence-electron chi connectivity index (χ2n) is 10.7. The lowest BCUT2D eigenvalue weighted by molar-refractivity contribution is 0.198. The molecule has 0 spiro atoms. The number of halogens is 1. The number of rotatable bonds is 8. The van der Waals surface area contributed by atoms with E-state index in [9.17, 15) is 4.39 Å². The summed E-state index contributed by atoms with van der Waals surface area (Å²) in [4.78, 5) is 2.29. The minimum Gasteiger partial charge on any atom is -0.496 e. The van der Waals surface area contributed by atoms with Crippen molar-refractivity contribution in [2.75, 3.05) is 39.2 Å². The molecule has 5 heteroatoms. The van der Waals surface area contributed by atoms with Gasteiger partial charge >= 0.3 is 0 Å². The molecule has 1 atom stereocenters. The number of fused-ring (bicyclic) bond motifs is 1. The lowest BCUT2D eigenvalue weighted by Gasteiger charge is -2.20. The fraction of sp³-hybridized carbons (Fsp3) is 0.394. The molecule has 1 aliphatic carbocycles. The zero-order chi connectivity index (χ0) is 26.6. The summed E-state index contributed by atoms with van der Waals surface area (Å²) < 4.78 is 24.5. The first-order valence-electron chi connectivity index (χ1n) is 13.8. The Balaban J connectivity index is 1.52. The number of nitrogen functional groups attached to an aromatic ring is 1. The number of allylic oxidation sites excluding steroid dienone is 1. The third kappa shape index (κ3) is 5.58. The van der Waals surface area contributed by atoms with Gasteiger partial charge in [0.1, 0.15) is 17.6 Å². The molecule has 38 heavy (non-hydrogen) atoms. The zero-order valence-electron chi connectivity index (χ0n) is 22.9. The van der Waals surface area contributed by atoms with E-state index in [4.69, 9.17) is 15.2 Å². The van der Waals surface area contributed by atoms with Crippen molar-refractivity contribution in [3.8, 4) is 11.5 Å².